The van der Waals surface area contributed by atoms with E-state index >= 15 is 4.39 Å². The van der Waals surface area contributed by atoms with E-state index in [1.807, 2.05) is 19.1 Å². The molecule has 0 N–H and O–H groups in total. The van der Waals surface area contributed by atoms with Crippen LogP contribution in [-0.2, 0) is 5.79 Å². The molecule has 0 aliphatic heterocycles. The van der Waals surface area contributed by atoms with E-state index in [2.05, 4.69) is 5.10 Å². The highest BCUT2D eigenvalue weighted by Gasteiger charge is 2.41. The highest BCUT2D eigenvalue weighted by Crippen LogP contribution is 2.41. The van der Waals surface area contributed by atoms with Gasteiger partial charge in [0.15, 0.2) is 0 Å². The zero-order valence-electron chi connectivity index (χ0n) is 12.5. The number of alkyl halides is 1. The number of benzene rings is 2. The summed E-state index contributed by atoms with van der Waals surface area (Å²) in [6, 6.07) is 15.7. The molecular formula is C18H15Cl2FN2. The van der Waals surface area contributed by atoms with E-state index in [0.29, 0.717) is 15.6 Å². The van der Waals surface area contributed by atoms with Crippen LogP contribution >= 0.6 is 23.2 Å². The number of hydrogen-bond acceptors (Lipinski definition) is 1. The Morgan fingerprint density at radius 1 is 1.00 bits per heavy atom. The predicted molar refractivity (Wildman–Crippen MR) is 91.7 cm³/mol. The van der Waals surface area contributed by atoms with Crippen LogP contribution in [0.1, 0.15) is 24.0 Å². The van der Waals surface area contributed by atoms with E-state index in [-0.39, 0.29) is 0 Å². The second-order valence-corrected chi connectivity index (χ2v) is 6.28. The Balaban J connectivity index is 2.12. The standard InChI is InChI=1S/C18H15Cl2FN2/c1-13(14-3-7-16(19)8-4-14)18(21,23-12-2-11-22-23)15-5-9-17(20)10-6-15/h2-13H,1H3. The van der Waals surface area contributed by atoms with Gasteiger partial charge in [0.2, 0.25) is 5.79 Å². The average molecular weight is 349 g/mol. The summed E-state index contributed by atoms with van der Waals surface area (Å²) >= 11 is 11.9. The Hall–Kier alpha value is -1.84. The van der Waals surface area contributed by atoms with E-state index in [4.69, 9.17) is 23.2 Å². The van der Waals surface area contributed by atoms with Crippen LogP contribution in [0.15, 0.2) is 67.0 Å². The molecule has 0 aliphatic rings. The molecule has 1 heterocycles. The average Bonchev–Trinajstić information content (AvgIpc) is 3.10. The third-order valence-electron chi connectivity index (χ3n) is 4.03. The zero-order valence-corrected chi connectivity index (χ0v) is 14.0. The van der Waals surface area contributed by atoms with Crippen LogP contribution in [0.5, 0.6) is 0 Å². The van der Waals surface area contributed by atoms with Gasteiger partial charge in [-0.3, -0.25) is 0 Å². The Labute approximate surface area is 144 Å². The second kappa shape index (κ2) is 6.34. The summed E-state index contributed by atoms with van der Waals surface area (Å²) in [5, 5.41) is 5.32. The summed E-state index contributed by atoms with van der Waals surface area (Å²) < 4.78 is 17.6. The molecule has 0 saturated carbocycles. The van der Waals surface area contributed by atoms with Crippen molar-refractivity contribution in [3.05, 3.63) is 88.2 Å². The van der Waals surface area contributed by atoms with E-state index in [9.17, 15) is 0 Å². The third-order valence-corrected chi connectivity index (χ3v) is 4.53. The van der Waals surface area contributed by atoms with Gasteiger partial charge >= 0.3 is 0 Å². The van der Waals surface area contributed by atoms with Gasteiger partial charge in [-0.1, -0.05) is 54.4 Å². The van der Waals surface area contributed by atoms with E-state index in [1.165, 1.54) is 4.68 Å². The minimum atomic E-state index is -1.83. The summed E-state index contributed by atoms with van der Waals surface area (Å²) in [4.78, 5) is 0. The first kappa shape index (κ1) is 16.0. The molecule has 1 aromatic heterocycles. The van der Waals surface area contributed by atoms with Gasteiger partial charge in [-0.15, -0.1) is 0 Å². The van der Waals surface area contributed by atoms with Crippen molar-refractivity contribution in [3.8, 4) is 0 Å². The Bertz CT molecular complexity index is 770. The van der Waals surface area contributed by atoms with Crippen molar-refractivity contribution < 1.29 is 4.39 Å². The maximum atomic E-state index is 16.2. The van der Waals surface area contributed by atoms with Gasteiger partial charge in [-0.05, 0) is 35.9 Å². The molecular weight excluding hydrogens is 334 g/mol. The van der Waals surface area contributed by atoms with Crippen LogP contribution in [0.3, 0.4) is 0 Å². The molecule has 0 amide bonds. The largest absolute Gasteiger partial charge is 0.233 e. The van der Waals surface area contributed by atoms with Gasteiger partial charge in [0, 0.05) is 33.9 Å². The van der Waals surface area contributed by atoms with Gasteiger partial charge in [0.05, 0.1) is 0 Å². The first-order chi connectivity index (χ1) is 11.0. The molecule has 0 bridgehead atoms. The van der Waals surface area contributed by atoms with Crippen LogP contribution in [0.2, 0.25) is 10.0 Å². The fourth-order valence-corrected chi connectivity index (χ4v) is 2.95. The van der Waals surface area contributed by atoms with Crippen molar-refractivity contribution in [2.45, 2.75) is 18.6 Å². The lowest BCUT2D eigenvalue weighted by molar-refractivity contribution is 0.0747. The quantitative estimate of drug-likeness (QED) is 0.594. The molecule has 5 heteroatoms. The highest BCUT2D eigenvalue weighted by atomic mass is 35.5. The molecule has 3 aromatic rings. The zero-order chi connectivity index (χ0) is 16.4. The van der Waals surface area contributed by atoms with Gasteiger partial charge in [0.25, 0.3) is 0 Å². The molecule has 0 aliphatic carbocycles. The third kappa shape index (κ3) is 2.99. The molecule has 2 atom stereocenters. The number of halogens is 3. The van der Waals surface area contributed by atoms with Crippen molar-refractivity contribution in [2.24, 2.45) is 0 Å². The lowest BCUT2D eigenvalue weighted by atomic mass is 9.86. The van der Waals surface area contributed by atoms with E-state index in [1.54, 1.807) is 54.9 Å². The van der Waals surface area contributed by atoms with Crippen molar-refractivity contribution in [1.29, 1.82) is 0 Å². The summed E-state index contributed by atoms with van der Waals surface area (Å²) in [6.07, 6.45) is 3.19. The lowest BCUT2D eigenvalue weighted by Crippen LogP contribution is -2.36. The topological polar surface area (TPSA) is 17.8 Å². The SMILES string of the molecule is CC(c1ccc(Cl)cc1)C(F)(c1ccc(Cl)cc1)n1cccn1. The van der Waals surface area contributed by atoms with Crippen molar-refractivity contribution in [2.75, 3.05) is 0 Å². The summed E-state index contributed by atoms with van der Waals surface area (Å²) in [5.41, 5.74) is 1.33. The molecule has 2 aromatic carbocycles. The number of aromatic nitrogens is 2. The summed E-state index contributed by atoms with van der Waals surface area (Å²) in [6.45, 7) is 1.83. The molecule has 0 radical (unpaired) electrons. The van der Waals surface area contributed by atoms with Crippen molar-refractivity contribution in [1.82, 2.24) is 9.78 Å². The fraction of sp³-hybridized carbons (Fsp3) is 0.167. The normalized spacial score (nSPS) is 15.1. The highest BCUT2D eigenvalue weighted by molar-refractivity contribution is 6.30. The maximum absolute atomic E-state index is 16.2. The molecule has 118 valence electrons. The minimum absolute atomic E-state index is 0.471. The summed E-state index contributed by atoms with van der Waals surface area (Å²) in [7, 11) is 0. The van der Waals surface area contributed by atoms with Crippen LogP contribution in [0, 0.1) is 0 Å². The molecule has 0 saturated heterocycles. The summed E-state index contributed by atoms with van der Waals surface area (Å²) in [5.74, 6) is -2.30. The Morgan fingerprint density at radius 2 is 1.57 bits per heavy atom. The molecule has 3 rings (SSSR count). The number of hydrogen-bond donors (Lipinski definition) is 0. The monoisotopic (exact) mass is 348 g/mol. The molecule has 2 nitrogen and oxygen atoms in total. The Morgan fingerprint density at radius 3 is 2.09 bits per heavy atom. The molecule has 2 unspecified atom stereocenters. The number of rotatable bonds is 4. The molecule has 0 spiro atoms. The maximum Gasteiger partial charge on any atom is 0.233 e. The first-order valence-electron chi connectivity index (χ1n) is 7.22. The van der Waals surface area contributed by atoms with Crippen molar-refractivity contribution in [3.63, 3.8) is 0 Å². The van der Waals surface area contributed by atoms with Crippen LogP contribution in [0.4, 0.5) is 4.39 Å². The van der Waals surface area contributed by atoms with Gasteiger partial charge in [-0.25, -0.2) is 9.07 Å². The van der Waals surface area contributed by atoms with Crippen molar-refractivity contribution >= 4 is 23.2 Å². The predicted octanol–water partition coefficient (Wildman–Crippen LogP) is 5.66. The first-order valence-corrected chi connectivity index (χ1v) is 7.98. The van der Waals surface area contributed by atoms with Gasteiger partial charge in [0.1, 0.15) is 0 Å². The fourth-order valence-electron chi connectivity index (χ4n) is 2.70. The van der Waals surface area contributed by atoms with E-state index in [0.717, 1.165) is 5.56 Å². The van der Waals surface area contributed by atoms with Gasteiger partial charge in [-0.2, -0.15) is 5.10 Å². The smallest absolute Gasteiger partial charge is 0.231 e. The Kier molecular flexibility index (Phi) is 4.42. The molecule has 0 fully saturated rings. The van der Waals surface area contributed by atoms with Crippen LogP contribution in [0.25, 0.3) is 0 Å². The van der Waals surface area contributed by atoms with Crippen LogP contribution < -0.4 is 0 Å². The number of nitrogens with zero attached hydrogens (tertiary/aromatic N) is 2. The van der Waals surface area contributed by atoms with E-state index < -0.39 is 11.7 Å². The second-order valence-electron chi connectivity index (χ2n) is 5.40. The van der Waals surface area contributed by atoms with Crippen LogP contribution in [-0.4, -0.2) is 9.78 Å². The lowest BCUT2D eigenvalue weighted by Gasteiger charge is -2.33. The minimum Gasteiger partial charge on any atom is -0.231 e. The molecule has 23 heavy (non-hydrogen) atoms. The van der Waals surface area contributed by atoms with Gasteiger partial charge < -0.3 is 0 Å².